The van der Waals surface area contributed by atoms with Crippen LogP contribution in [0.1, 0.15) is 35.1 Å². The Labute approximate surface area is 106 Å². The van der Waals surface area contributed by atoms with Gasteiger partial charge >= 0.3 is 0 Å². The van der Waals surface area contributed by atoms with Crippen molar-refractivity contribution in [2.75, 3.05) is 0 Å². The number of rotatable bonds is 3. The van der Waals surface area contributed by atoms with Crippen LogP contribution in [0.4, 0.5) is 0 Å². The Morgan fingerprint density at radius 2 is 2.00 bits per heavy atom. The van der Waals surface area contributed by atoms with Gasteiger partial charge in [-0.25, -0.2) is 0 Å². The van der Waals surface area contributed by atoms with Crippen LogP contribution in [0, 0.1) is 12.8 Å². The van der Waals surface area contributed by atoms with E-state index in [2.05, 4.69) is 48.0 Å². The molecule has 0 aliphatic heterocycles. The van der Waals surface area contributed by atoms with Gasteiger partial charge in [0.1, 0.15) is 0 Å². The molecule has 17 heavy (non-hydrogen) atoms. The second-order valence-electron chi connectivity index (χ2n) is 4.95. The van der Waals surface area contributed by atoms with Gasteiger partial charge in [0.2, 0.25) is 0 Å². The smallest absolute Gasteiger partial charge is 0.0340 e. The number of aryl methyl sites for hydroxylation is 1. The van der Waals surface area contributed by atoms with Crippen LogP contribution >= 0.6 is 11.3 Å². The number of hydrogen-bond donors (Lipinski definition) is 1. The summed E-state index contributed by atoms with van der Waals surface area (Å²) in [6.07, 6.45) is 1.24. The highest BCUT2D eigenvalue weighted by Crippen LogP contribution is 2.53. The molecular weight excluding hydrogens is 226 g/mol. The summed E-state index contributed by atoms with van der Waals surface area (Å²) in [5.74, 6) is 1.30. The third-order valence-electron chi connectivity index (χ3n) is 3.78. The van der Waals surface area contributed by atoms with E-state index in [4.69, 9.17) is 5.73 Å². The van der Waals surface area contributed by atoms with Crippen molar-refractivity contribution in [2.24, 2.45) is 11.7 Å². The maximum atomic E-state index is 6.38. The molecule has 88 valence electrons. The van der Waals surface area contributed by atoms with Crippen molar-refractivity contribution in [3.05, 3.63) is 57.8 Å². The van der Waals surface area contributed by atoms with Gasteiger partial charge in [0, 0.05) is 6.04 Å². The largest absolute Gasteiger partial charge is 0.324 e. The van der Waals surface area contributed by atoms with E-state index in [0.717, 1.165) is 0 Å². The van der Waals surface area contributed by atoms with Gasteiger partial charge in [0.05, 0.1) is 0 Å². The molecule has 1 nitrogen and oxygen atoms in total. The molecule has 3 atom stereocenters. The first-order valence-electron chi connectivity index (χ1n) is 6.10. The molecule has 0 saturated heterocycles. The van der Waals surface area contributed by atoms with E-state index in [9.17, 15) is 0 Å². The quantitative estimate of drug-likeness (QED) is 0.870. The van der Waals surface area contributed by atoms with Crippen molar-refractivity contribution in [3.8, 4) is 0 Å². The second kappa shape index (κ2) is 4.28. The monoisotopic (exact) mass is 243 g/mol. The van der Waals surface area contributed by atoms with Gasteiger partial charge in [0.25, 0.3) is 0 Å². The molecule has 0 bridgehead atoms. The number of hydrogen-bond acceptors (Lipinski definition) is 2. The first kappa shape index (κ1) is 11.0. The summed E-state index contributed by atoms with van der Waals surface area (Å²) < 4.78 is 0. The summed E-state index contributed by atoms with van der Waals surface area (Å²) in [6.45, 7) is 2.16. The molecule has 1 aliphatic carbocycles. The zero-order chi connectivity index (χ0) is 11.8. The van der Waals surface area contributed by atoms with Crippen LogP contribution in [0.5, 0.6) is 0 Å². The first-order chi connectivity index (χ1) is 8.27. The minimum Gasteiger partial charge on any atom is -0.324 e. The maximum Gasteiger partial charge on any atom is 0.0340 e. The average molecular weight is 243 g/mol. The highest BCUT2D eigenvalue weighted by molar-refractivity contribution is 7.08. The molecule has 2 N–H and O–H groups in total. The molecule has 1 aromatic heterocycles. The van der Waals surface area contributed by atoms with Gasteiger partial charge in [-0.3, -0.25) is 0 Å². The highest BCUT2D eigenvalue weighted by Gasteiger charge is 2.43. The van der Waals surface area contributed by atoms with Crippen molar-refractivity contribution in [1.29, 1.82) is 0 Å². The van der Waals surface area contributed by atoms with Crippen LogP contribution in [-0.4, -0.2) is 0 Å². The molecule has 1 aliphatic rings. The molecule has 1 heterocycles. The Kier molecular flexibility index (Phi) is 2.77. The third-order valence-corrected chi connectivity index (χ3v) is 4.66. The molecule has 3 rings (SSSR count). The Morgan fingerprint density at radius 3 is 2.65 bits per heavy atom. The fourth-order valence-electron chi connectivity index (χ4n) is 2.64. The fourth-order valence-corrected chi connectivity index (χ4v) is 3.54. The Balaban J connectivity index is 1.75. The molecule has 0 radical (unpaired) electrons. The molecule has 1 saturated carbocycles. The summed E-state index contributed by atoms with van der Waals surface area (Å²) in [7, 11) is 0. The normalized spacial score (nSPS) is 24.6. The van der Waals surface area contributed by atoms with Crippen LogP contribution in [0.2, 0.25) is 0 Å². The Morgan fingerprint density at radius 1 is 1.24 bits per heavy atom. The van der Waals surface area contributed by atoms with E-state index in [1.807, 2.05) is 0 Å². The fraction of sp³-hybridized carbons (Fsp3) is 0.333. The number of nitrogens with two attached hydrogens (primary N) is 1. The van der Waals surface area contributed by atoms with Gasteiger partial charge in [-0.15, -0.1) is 0 Å². The molecule has 0 spiro atoms. The lowest BCUT2D eigenvalue weighted by Gasteiger charge is -2.11. The summed E-state index contributed by atoms with van der Waals surface area (Å²) in [5, 5.41) is 4.40. The van der Waals surface area contributed by atoms with Gasteiger partial charge in [0.15, 0.2) is 0 Å². The Bertz CT molecular complexity index is 503. The Hall–Kier alpha value is -1.12. The van der Waals surface area contributed by atoms with Gasteiger partial charge in [-0.1, -0.05) is 30.3 Å². The minimum atomic E-state index is 0.214. The lowest BCUT2D eigenvalue weighted by molar-refractivity contribution is 0.614. The highest BCUT2D eigenvalue weighted by atomic mass is 32.1. The molecule has 1 fully saturated rings. The molecule has 1 aromatic carbocycles. The second-order valence-corrected chi connectivity index (χ2v) is 5.70. The van der Waals surface area contributed by atoms with E-state index in [1.165, 1.54) is 23.1 Å². The topological polar surface area (TPSA) is 26.0 Å². The molecule has 0 amide bonds. The van der Waals surface area contributed by atoms with Crippen molar-refractivity contribution in [1.82, 2.24) is 0 Å². The van der Waals surface area contributed by atoms with E-state index in [-0.39, 0.29) is 6.04 Å². The third kappa shape index (κ3) is 2.03. The van der Waals surface area contributed by atoms with Gasteiger partial charge in [-0.2, -0.15) is 11.3 Å². The molecular formula is C15H17NS. The molecule has 3 unspecified atom stereocenters. The maximum absolute atomic E-state index is 6.38. The summed E-state index contributed by atoms with van der Waals surface area (Å²) in [4.78, 5) is 0. The number of benzene rings is 1. The van der Waals surface area contributed by atoms with Crippen LogP contribution < -0.4 is 5.73 Å². The number of thiophene rings is 1. The zero-order valence-corrected chi connectivity index (χ0v) is 10.8. The van der Waals surface area contributed by atoms with Crippen molar-refractivity contribution < 1.29 is 0 Å². The zero-order valence-electron chi connectivity index (χ0n) is 9.97. The lowest BCUT2D eigenvalue weighted by atomic mass is 9.99. The molecule has 2 heteroatoms. The van der Waals surface area contributed by atoms with Crippen LogP contribution in [0.15, 0.2) is 41.1 Å². The first-order valence-corrected chi connectivity index (χ1v) is 7.05. The SMILES string of the molecule is Cc1cscc1C(N)C1CC1c1ccccc1. The van der Waals surface area contributed by atoms with E-state index < -0.39 is 0 Å². The van der Waals surface area contributed by atoms with Crippen molar-refractivity contribution in [3.63, 3.8) is 0 Å². The van der Waals surface area contributed by atoms with Crippen molar-refractivity contribution in [2.45, 2.75) is 25.3 Å². The van der Waals surface area contributed by atoms with Gasteiger partial charge in [-0.05, 0) is 52.6 Å². The average Bonchev–Trinajstić information content (AvgIpc) is 3.05. The predicted octanol–water partition coefficient (Wildman–Crippen LogP) is 3.86. The predicted molar refractivity (Wildman–Crippen MR) is 73.3 cm³/mol. The standard InChI is InChI=1S/C15H17NS/c1-10-8-17-9-14(10)15(16)13-7-12(13)11-5-3-2-4-6-11/h2-6,8-9,12-13,15H,7,16H2,1H3. The van der Waals surface area contributed by atoms with Crippen LogP contribution in [0.25, 0.3) is 0 Å². The van der Waals surface area contributed by atoms with Gasteiger partial charge < -0.3 is 5.73 Å². The van der Waals surface area contributed by atoms with E-state index in [1.54, 1.807) is 11.3 Å². The van der Waals surface area contributed by atoms with E-state index >= 15 is 0 Å². The summed E-state index contributed by atoms with van der Waals surface area (Å²) in [6, 6.07) is 11.0. The van der Waals surface area contributed by atoms with E-state index in [0.29, 0.717) is 11.8 Å². The van der Waals surface area contributed by atoms with Crippen molar-refractivity contribution >= 4 is 11.3 Å². The van der Waals surface area contributed by atoms with Crippen LogP contribution in [0.3, 0.4) is 0 Å². The van der Waals surface area contributed by atoms with Crippen LogP contribution in [-0.2, 0) is 0 Å². The molecule has 2 aromatic rings. The summed E-state index contributed by atoms with van der Waals surface area (Å²) in [5.41, 5.74) is 10.5. The lowest BCUT2D eigenvalue weighted by Crippen LogP contribution is -2.13. The summed E-state index contributed by atoms with van der Waals surface area (Å²) >= 11 is 1.76. The minimum absolute atomic E-state index is 0.214.